The number of amides is 1. The van der Waals surface area contributed by atoms with Crippen LogP contribution in [0.2, 0.25) is 0 Å². The van der Waals surface area contributed by atoms with E-state index in [9.17, 15) is 9.59 Å². The Labute approximate surface area is 70.1 Å². The molecule has 0 saturated carbocycles. The SMILES string of the molecule is NC(=O)C1C=CCCC1C(=O)O. The van der Waals surface area contributed by atoms with Crippen molar-refractivity contribution in [1.29, 1.82) is 0 Å². The number of aliphatic carboxylic acids is 1. The molecule has 0 aromatic carbocycles. The molecule has 0 aromatic rings. The van der Waals surface area contributed by atoms with E-state index in [0.717, 1.165) is 0 Å². The molecule has 0 radical (unpaired) electrons. The summed E-state index contributed by atoms with van der Waals surface area (Å²) in [5, 5.41) is 8.72. The van der Waals surface area contributed by atoms with Crippen LogP contribution in [0, 0.1) is 11.8 Å². The summed E-state index contributed by atoms with van der Waals surface area (Å²) in [4.78, 5) is 21.4. The van der Waals surface area contributed by atoms with E-state index in [1.165, 1.54) is 0 Å². The lowest BCUT2D eigenvalue weighted by Gasteiger charge is -2.20. The summed E-state index contributed by atoms with van der Waals surface area (Å²) in [6.07, 6.45) is 4.60. The van der Waals surface area contributed by atoms with Crippen molar-refractivity contribution in [2.45, 2.75) is 12.8 Å². The number of nitrogens with two attached hydrogens (primary N) is 1. The first-order valence-electron chi connectivity index (χ1n) is 3.81. The number of hydrogen-bond acceptors (Lipinski definition) is 2. The normalized spacial score (nSPS) is 28.3. The van der Waals surface area contributed by atoms with Crippen LogP contribution < -0.4 is 5.73 Å². The van der Waals surface area contributed by atoms with Gasteiger partial charge in [0.25, 0.3) is 0 Å². The Morgan fingerprint density at radius 2 is 2.17 bits per heavy atom. The van der Waals surface area contributed by atoms with Gasteiger partial charge in [-0.25, -0.2) is 0 Å². The molecule has 1 amide bonds. The molecule has 1 rings (SSSR count). The summed E-state index contributed by atoms with van der Waals surface area (Å²) in [6.45, 7) is 0. The summed E-state index contributed by atoms with van der Waals surface area (Å²) in [6, 6.07) is 0. The minimum Gasteiger partial charge on any atom is -0.481 e. The second-order valence-corrected chi connectivity index (χ2v) is 2.88. The molecule has 0 heterocycles. The van der Waals surface area contributed by atoms with Crippen molar-refractivity contribution in [2.24, 2.45) is 17.6 Å². The number of carboxylic acid groups (broad SMARTS) is 1. The highest BCUT2D eigenvalue weighted by Gasteiger charge is 2.31. The highest BCUT2D eigenvalue weighted by atomic mass is 16.4. The number of carbonyl (C=O) groups is 2. The van der Waals surface area contributed by atoms with E-state index in [0.29, 0.717) is 12.8 Å². The zero-order valence-electron chi connectivity index (χ0n) is 6.56. The quantitative estimate of drug-likeness (QED) is 0.577. The molecule has 3 N–H and O–H groups in total. The zero-order valence-corrected chi connectivity index (χ0v) is 6.56. The summed E-state index contributed by atoms with van der Waals surface area (Å²) in [7, 11) is 0. The van der Waals surface area contributed by atoms with Gasteiger partial charge in [0.1, 0.15) is 0 Å². The first-order valence-corrected chi connectivity index (χ1v) is 3.81. The van der Waals surface area contributed by atoms with E-state index in [1.54, 1.807) is 12.2 Å². The molecular weight excluding hydrogens is 158 g/mol. The fraction of sp³-hybridized carbons (Fsp3) is 0.500. The van der Waals surface area contributed by atoms with Gasteiger partial charge in [-0.1, -0.05) is 12.2 Å². The third kappa shape index (κ3) is 1.64. The average Bonchev–Trinajstić information content (AvgIpc) is 2.04. The smallest absolute Gasteiger partial charge is 0.307 e. The minimum absolute atomic E-state index is 0.499. The number of primary amides is 1. The molecule has 4 nitrogen and oxygen atoms in total. The third-order valence-electron chi connectivity index (χ3n) is 2.07. The van der Waals surface area contributed by atoms with Gasteiger partial charge in [-0.2, -0.15) is 0 Å². The summed E-state index contributed by atoms with van der Waals surface area (Å²) in [5.41, 5.74) is 5.04. The van der Waals surface area contributed by atoms with Crippen LogP contribution >= 0.6 is 0 Å². The monoisotopic (exact) mass is 169 g/mol. The maximum Gasteiger partial charge on any atom is 0.307 e. The first-order chi connectivity index (χ1) is 5.63. The Balaban J connectivity index is 2.79. The van der Waals surface area contributed by atoms with E-state index in [1.807, 2.05) is 0 Å². The van der Waals surface area contributed by atoms with Gasteiger partial charge >= 0.3 is 5.97 Å². The fourth-order valence-electron chi connectivity index (χ4n) is 1.40. The molecule has 2 atom stereocenters. The van der Waals surface area contributed by atoms with Crippen LogP contribution in [0.5, 0.6) is 0 Å². The van der Waals surface area contributed by atoms with Gasteiger partial charge in [-0.3, -0.25) is 9.59 Å². The number of allylic oxidation sites excluding steroid dienone is 1. The van der Waals surface area contributed by atoms with Crippen molar-refractivity contribution in [1.82, 2.24) is 0 Å². The van der Waals surface area contributed by atoms with Gasteiger partial charge in [-0.15, -0.1) is 0 Å². The van der Waals surface area contributed by atoms with Gasteiger partial charge in [0, 0.05) is 0 Å². The molecule has 1 aliphatic rings. The minimum atomic E-state index is -0.942. The molecule has 0 aliphatic heterocycles. The summed E-state index contributed by atoms with van der Waals surface area (Å²) >= 11 is 0. The average molecular weight is 169 g/mol. The summed E-state index contributed by atoms with van der Waals surface area (Å²) < 4.78 is 0. The lowest BCUT2D eigenvalue weighted by atomic mass is 9.83. The number of hydrogen-bond donors (Lipinski definition) is 2. The van der Waals surface area contributed by atoms with E-state index >= 15 is 0 Å². The number of rotatable bonds is 2. The Morgan fingerprint density at radius 3 is 2.58 bits per heavy atom. The molecule has 12 heavy (non-hydrogen) atoms. The van der Waals surface area contributed by atoms with Crippen molar-refractivity contribution in [3.05, 3.63) is 12.2 Å². The van der Waals surface area contributed by atoms with Gasteiger partial charge in [0.15, 0.2) is 0 Å². The third-order valence-corrected chi connectivity index (χ3v) is 2.07. The maximum absolute atomic E-state index is 10.8. The van der Waals surface area contributed by atoms with Crippen molar-refractivity contribution >= 4 is 11.9 Å². The molecule has 4 heteroatoms. The summed E-state index contributed by atoms with van der Waals surface area (Å²) in [5.74, 6) is -2.76. The Kier molecular flexibility index (Phi) is 2.47. The van der Waals surface area contributed by atoms with Gasteiger partial charge in [0.2, 0.25) is 5.91 Å². The molecule has 2 unspecified atom stereocenters. The van der Waals surface area contributed by atoms with Crippen LogP contribution in [0.4, 0.5) is 0 Å². The molecule has 0 saturated heterocycles. The molecule has 1 aliphatic carbocycles. The van der Waals surface area contributed by atoms with Crippen LogP contribution in [-0.2, 0) is 9.59 Å². The van der Waals surface area contributed by atoms with Gasteiger partial charge in [-0.05, 0) is 12.8 Å². The number of carbonyl (C=O) groups excluding carboxylic acids is 1. The van der Waals surface area contributed by atoms with Crippen molar-refractivity contribution in [3.63, 3.8) is 0 Å². The first kappa shape index (κ1) is 8.77. The zero-order chi connectivity index (χ0) is 9.14. The van der Waals surface area contributed by atoms with Crippen LogP contribution in [-0.4, -0.2) is 17.0 Å². The Bertz CT molecular complexity index is 234. The molecule has 0 spiro atoms. The van der Waals surface area contributed by atoms with Crippen molar-refractivity contribution in [3.8, 4) is 0 Å². The van der Waals surface area contributed by atoms with Crippen molar-refractivity contribution in [2.75, 3.05) is 0 Å². The highest BCUT2D eigenvalue weighted by molar-refractivity contribution is 5.85. The highest BCUT2D eigenvalue weighted by Crippen LogP contribution is 2.24. The predicted octanol–water partition coefficient (Wildman–Crippen LogP) is 0.139. The second-order valence-electron chi connectivity index (χ2n) is 2.88. The van der Waals surface area contributed by atoms with Crippen LogP contribution in [0.1, 0.15) is 12.8 Å². The predicted molar refractivity (Wildman–Crippen MR) is 42.2 cm³/mol. The largest absolute Gasteiger partial charge is 0.481 e. The second kappa shape index (κ2) is 3.38. The Hall–Kier alpha value is -1.32. The lowest BCUT2D eigenvalue weighted by molar-refractivity contribution is -0.146. The lowest BCUT2D eigenvalue weighted by Crippen LogP contribution is -2.34. The topological polar surface area (TPSA) is 80.4 Å². The van der Waals surface area contributed by atoms with Crippen LogP contribution in [0.3, 0.4) is 0 Å². The van der Waals surface area contributed by atoms with E-state index in [-0.39, 0.29) is 0 Å². The number of carboxylic acids is 1. The van der Waals surface area contributed by atoms with Crippen molar-refractivity contribution < 1.29 is 14.7 Å². The molecule has 0 aromatic heterocycles. The van der Waals surface area contributed by atoms with E-state index in [2.05, 4.69) is 0 Å². The molecule has 0 fully saturated rings. The molecular formula is C8H11NO3. The van der Waals surface area contributed by atoms with Gasteiger partial charge in [0.05, 0.1) is 11.8 Å². The molecule has 66 valence electrons. The fourth-order valence-corrected chi connectivity index (χ4v) is 1.40. The van der Waals surface area contributed by atoms with E-state index in [4.69, 9.17) is 10.8 Å². The Morgan fingerprint density at radius 1 is 1.50 bits per heavy atom. The van der Waals surface area contributed by atoms with Gasteiger partial charge < -0.3 is 10.8 Å². The maximum atomic E-state index is 10.8. The molecule has 0 bridgehead atoms. The van der Waals surface area contributed by atoms with E-state index < -0.39 is 23.7 Å². The standard InChI is InChI=1S/C8H11NO3/c9-7(10)5-3-1-2-4-6(5)8(11)12/h1,3,5-6H,2,4H2,(H2,9,10)(H,11,12). The van der Waals surface area contributed by atoms with Crippen LogP contribution in [0.15, 0.2) is 12.2 Å². The van der Waals surface area contributed by atoms with Crippen LogP contribution in [0.25, 0.3) is 0 Å².